The predicted molar refractivity (Wildman–Crippen MR) is 144 cm³/mol. The number of anilines is 1. The van der Waals surface area contributed by atoms with Gasteiger partial charge in [0.1, 0.15) is 6.54 Å². The number of methoxy groups -OCH3 is 2. The van der Waals surface area contributed by atoms with Crippen molar-refractivity contribution in [1.29, 1.82) is 0 Å². The number of carbonyl (C=O) groups is 2. The topological polar surface area (TPSA) is 100 Å². The maximum atomic E-state index is 13.1. The van der Waals surface area contributed by atoms with Gasteiger partial charge >= 0.3 is 6.03 Å². The molecule has 0 spiro atoms. The maximum Gasteiger partial charge on any atom is 0.317 e. The van der Waals surface area contributed by atoms with E-state index in [1.165, 1.54) is 0 Å². The van der Waals surface area contributed by atoms with Crippen LogP contribution in [0.15, 0.2) is 30.3 Å². The van der Waals surface area contributed by atoms with Gasteiger partial charge in [-0.2, -0.15) is 0 Å². The quantitative estimate of drug-likeness (QED) is 0.521. The zero-order valence-corrected chi connectivity index (χ0v) is 22.7. The molecule has 0 saturated carbocycles. The van der Waals surface area contributed by atoms with Crippen molar-refractivity contribution >= 4 is 17.8 Å². The Bertz CT molecular complexity index is 1030. The van der Waals surface area contributed by atoms with Gasteiger partial charge in [-0.1, -0.05) is 20.8 Å². The molecule has 3 rings (SSSR count). The molecule has 202 valence electrons. The molecule has 3 amide bonds. The molecule has 0 unspecified atom stereocenters. The molecule has 10 nitrogen and oxygen atoms in total. The molecule has 37 heavy (non-hydrogen) atoms. The SMILES string of the molecule is CCCNC(=O)N(CC(=O)N1CCCN(c2ccc(-c3ccc(OC)c(OC)c3)nn2)CC1)CC(C)C. The molecule has 1 aromatic carbocycles. The Balaban J connectivity index is 1.61. The average Bonchev–Trinajstić information content (AvgIpc) is 3.17. The summed E-state index contributed by atoms with van der Waals surface area (Å²) in [5.74, 6) is 2.33. The van der Waals surface area contributed by atoms with E-state index in [-0.39, 0.29) is 24.4 Å². The number of ether oxygens (including phenoxy) is 2. The van der Waals surface area contributed by atoms with Crippen LogP contribution in [-0.4, -0.2) is 92.0 Å². The van der Waals surface area contributed by atoms with Crippen LogP contribution in [0.25, 0.3) is 11.3 Å². The lowest BCUT2D eigenvalue weighted by molar-refractivity contribution is -0.131. The number of urea groups is 1. The Labute approximate surface area is 219 Å². The largest absolute Gasteiger partial charge is 0.493 e. The molecule has 1 aromatic heterocycles. The van der Waals surface area contributed by atoms with Gasteiger partial charge in [0.25, 0.3) is 0 Å². The third kappa shape index (κ3) is 7.71. The summed E-state index contributed by atoms with van der Waals surface area (Å²) in [6, 6.07) is 9.37. The summed E-state index contributed by atoms with van der Waals surface area (Å²) in [6.45, 7) is 10.0. The third-order valence-corrected chi connectivity index (χ3v) is 6.23. The Morgan fingerprint density at radius 2 is 1.81 bits per heavy atom. The van der Waals surface area contributed by atoms with E-state index in [9.17, 15) is 9.59 Å². The third-order valence-electron chi connectivity index (χ3n) is 6.23. The number of hydrogen-bond donors (Lipinski definition) is 1. The number of nitrogens with one attached hydrogen (secondary N) is 1. The number of amides is 3. The standard InChI is InChI=1S/C27H40N6O4/c1-6-12-28-27(35)33(18-20(2)3)19-26(34)32-14-7-13-31(15-16-32)25-11-9-22(29-30-25)21-8-10-23(36-4)24(17-21)37-5/h8-11,17,20H,6-7,12-16,18-19H2,1-5H3,(H,28,35). The van der Waals surface area contributed by atoms with E-state index in [0.717, 1.165) is 36.5 Å². The van der Waals surface area contributed by atoms with E-state index in [1.54, 1.807) is 19.1 Å². The molecule has 0 atom stereocenters. The number of benzene rings is 1. The lowest BCUT2D eigenvalue weighted by Gasteiger charge is -2.28. The summed E-state index contributed by atoms with van der Waals surface area (Å²) < 4.78 is 10.7. The zero-order valence-electron chi connectivity index (χ0n) is 22.7. The minimum atomic E-state index is -0.176. The lowest BCUT2D eigenvalue weighted by Crippen LogP contribution is -2.48. The van der Waals surface area contributed by atoms with Gasteiger partial charge < -0.3 is 29.5 Å². The zero-order chi connectivity index (χ0) is 26.8. The van der Waals surface area contributed by atoms with Gasteiger partial charge in [-0.05, 0) is 49.1 Å². The highest BCUT2D eigenvalue weighted by Gasteiger charge is 2.24. The van der Waals surface area contributed by atoms with Crippen molar-refractivity contribution < 1.29 is 19.1 Å². The van der Waals surface area contributed by atoms with Crippen molar-refractivity contribution in [2.45, 2.75) is 33.6 Å². The van der Waals surface area contributed by atoms with Crippen molar-refractivity contribution in [3.63, 3.8) is 0 Å². The highest BCUT2D eigenvalue weighted by molar-refractivity contribution is 5.84. The van der Waals surface area contributed by atoms with Gasteiger partial charge in [0.15, 0.2) is 17.3 Å². The fourth-order valence-electron chi connectivity index (χ4n) is 4.31. The van der Waals surface area contributed by atoms with Crippen molar-refractivity contribution in [3.05, 3.63) is 30.3 Å². The Kier molecular flexibility index (Phi) is 10.3. The van der Waals surface area contributed by atoms with Crippen LogP contribution >= 0.6 is 0 Å². The number of rotatable bonds is 10. The summed E-state index contributed by atoms with van der Waals surface area (Å²) in [5, 5.41) is 11.8. The van der Waals surface area contributed by atoms with E-state index >= 15 is 0 Å². The summed E-state index contributed by atoms with van der Waals surface area (Å²) in [6.07, 6.45) is 1.67. The second-order valence-electron chi connectivity index (χ2n) is 9.57. The van der Waals surface area contributed by atoms with E-state index < -0.39 is 0 Å². The number of carbonyl (C=O) groups excluding carboxylic acids is 2. The van der Waals surface area contributed by atoms with Gasteiger partial charge in [-0.3, -0.25) is 4.79 Å². The number of hydrogen-bond acceptors (Lipinski definition) is 7. The normalized spacial score (nSPS) is 13.8. The predicted octanol–water partition coefficient (Wildman–Crippen LogP) is 3.28. The molecule has 0 bridgehead atoms. The van der Waals surface area contributed by atoms with Crippen LogP contribution in [-0.2, 0) is 4.79 Å². The van der Waals surface area contributed by atoms with Gasteiger partial charge in [0, 0.05) is 44.8 Å². The smallest absolute Gasteiger partial charge is 0.317 e. The molecule has 0 aliphatic carbocycles. The Morgan fingerprint density at radius 3 is 2.46 bits per heavy atom. The van der Waals surface area contributed by atoms with Crippen LogP contribution in [0.3, 0.4) is 0 Å². The molecular weight excluding hydrogens is 472 g/mol. The highest BCUT2D eigenvalue weighted by atomic mass is 16.5. The van der Waals surface area contributed by atoms with Crippen LogP contribution < -0.4 is 19.7 Å². The molecule has 1 aliphatic rings. The van der Waals surface area contributed by atoms with Crippen molar-refractivity contribution in [2.24, 2.45) is 5.92 Å². The molecule has 2 aromatic rings. The fraction of sp³-hybridized carbons (Fsp3) is 0.556. The molecule has 1 N–H and O–H groups in total. The average molecular weight is 513 g/mol. The first-order valence-corrected chi connectivity index (χ1v) is 13.0. The maximum absolute atomic E-state index is 13.1. The summed E-state index contributed by atoms with van der Waals surface area (Å²) in [5.41, 5.74) is 1.63. The van der Waals surface area contributed by atoms with E-state index in [4.69, 9.17) is 9.47 Å². The number of aromatic nitrogens is 2. The molecule has 10 heteroatoms. The molecule has 1 aliphatic heterocycles. The summed E-state index contributed by atoms with van der Waals surface area (Å²) in [7, 11) is 3.21. The van der Waals surface area contributed by atoms with Crippen LogP contribution in [0.2, 0.25) is 0 Å². The van der Waals surface area contributed by atoms with E-state index in [2.05, 4.69) is 20.4 Å². The summed E-state index contributed by atoms with van der Waals surface area (Å²) >= 11 is 0. The van der Waals surface area contributed by atoms with Gasteiger partial charge in [-0.15, -0.1) is 10.2 Å². The van der Waals surface area contributed by atoms with Crippen LogP contribution in [0, 0.1) is 5.92 Å². The molecule has 1 saturated heterocycles. The lowest BCUT2D eigenvalue weighted by atomic mass is 10.1. The fourth-order valence-corrected chi connectivity index (χ4v) is 4.31. The first-order valence-electron chi connectivity index (χ1n) is 13.0. The molecule has 1 fully saturated rings. The van der Waals surface area contributed by atoms with Crippen molar-refractivity contribution in [2.75, 3.05) is 64.9 Å². The van der Waals surface area contributed by atoms with Crippen molar-refractivity contribution in [1.82, 2.24) is 25.3 Å². The highest BCUT2D eigenvalue weighted by Crippen LogP contribution is 2.31. The van der Waals surface area contributed by atoms with Crippen LogP contribution in [0.1, 0.15) is 33.6 Å². The minimum Gasteiger partial charge on any atom is -0.493 e. The van der Waals surface area contributed by atoms with Crippen molar-refractivity contribution in [3.8, 4) is 22.8 Å². The number of nitrogens with zero attached hydrogens (tertiary/aromatic N) is 5. The first kappa shape index (κ1) is 28.0. The Morgan fingerprint density at radius 1 is 1.03 bits per heavy atom. The Hall–Kier alpha value is -3.56. The van der Waals surface area contributed by atoms with E-state index in [0.29, 0.717) is 44.2 Å². The molecule has 2 heterocycles. The van der Waals surface area contributed by atoms with E-state index in [1.807, 2.05) is 56.0 Å². The van der Waals surface area contributed by atoms with Gasteiger partial charge in [0.05, 0.1) is 19.9 Å². The minimum absolute atomic E-state index is 0.0240. The first-order chi connectivity index (χ1) is 17.9. The van der Waals surface area contributed by atoms with Gasteiger partial charge in [0.2, 0.25) is 5.91 Å². The second kappa shape index (κ2) is 13.7. The second-order valence-corrected chi connectivity index (χ2v) is 9.57. The summed E-state index contributed by atoms with van der Waals surface area (Å²) in [4.78, 5) is 31.3. The van der Waals surface area contributed by atoms with Crippen LogP contribution in [0.4, 0.5) is 10.6 Å². The monoisotopic (exact) mass is 512 g/mol. The molecular formula is C27H40N6O4. The molecule has 0 radical (unpaired) electrons. The van der Waals surface area contributed by atoms with Gasteiger partial charge in [-0.25, -0.2) is 4.79 Å². The van der Waals surface area contributed by atoms with Crippen LogP contribution in [0.5, 0.6) is 11.5 Å².